The number of carboxylic acid groups (broad SMARTS) is 2. The summed E-state index contributed by atoms with van der Waals surface area (Å²) in [6, 6.07) is 0. The fraction of sp³-hybridized carbons (Fsp3) is 0.706. The highest BCUT2D eigenvalue weighted by Gasteiger charge is 2.72. The Morgan fingerprint density at radius 3 is 1.78 bits per heavy atom. The third-order valence-corrected chi connectivity index (χ3v) is 5.84. The molecule has 4 saturated carbocycles. The summed E-state index contributed by atoms with van der Waals surface area (Å²) < 4.78 is 5.66. The van der Waals surface area contributed by atoms with Crippen molar-refractivity contribution >= 4 is 17.9 Å². The maximum Gasteiger partial charge on any atom is 0.333 e. The number of rotatable bonds is 4. The molecule has 6 heteroatoms. The van der Waals surface area contributed by atoms with E-state index in [1.165, 1.54) is 6.92 Å². The van der Waals surface area contributed by atoms with Crippen LogP contribution in [0.2, 0.25) is 0 Å². The van der Waals surface area contributed by atoms with E-state index in [1.54, 1.807) is 0 Å². The molecule has 0 amide bonds. The Morgan fingerprint density at radius 2 is 1.39 bits per heavy atom. The zero-order valence-electron chi connectivity index (χ0n) is 13.5. The Hall–Kier alpha value is -1.85. The number of esters is 1. The Balaban J connectivity index is 2.09. The molecule has 2 N–H and O–H groups in total. The van der Waals surface area contributed by atoms with Crippen LogP contribution in [0.1, 0.15) is 52.4 Å². The van der Waals surface area contributed by atoms with Crippen molar-refractivity contribution in [2.75, 3.05) is 0 Å². The summed E-state index contributed by atoms with van der Waals surface area (Å²) in [4.78, 5) is 36.0. The minimum absolute atomic E-state index is 0.118. The van der Waals surface area contributed by atoms with Crippen LogP contribution in [0.3, 0.4) is 0 Å². The van der Waals surface area contributed by atoms with Crippen LogP contribution in [0.25, 0.3) is 0 Å². The number of aliphatic carboxylic acids is 2. The number of carbonyl (C=O) groups is 3. The normalized spacial score (nSPS) is 43.9. The standard InChI is InChI=1S/C17H22O6/c1-10(2)11(18)23-17-6-14(3)4-15(8-17,12(19)20)7-16(5-14,9-17)13(21)22/h1,4-9H2,2-3H3,(H,19,20)(H,21,22). The molecular formula is C17H22O6. The van der Waals surface area contributed by atoms with Gasteiger partial charge in [-0.15, -0.1) is 0 Å². The summed E-state index contributed by atoms with van der Waals surface area (Å²) >= 11 is 0. The topological polar surface area (TPSA) is 101 Å². The molecule has 2 atom stereocenters. The van der Waals surface area contributed by atoms with Crippen molar-refractivity contribution < 1.29 is 29.3 Å². The van der Waals surface area contributed by atoms with E-state index >= 15 is 0 Å². The molecule has 4 bridgehead atoms. The molecule has 0 aromatic carbocycles. The summed E-state index contributed by atoms with van der Waals surface area (Å²) in [5.74, 6) is -2.54. The van der Waals surface area contributed by atoms with E-state index in [2.05, 4.69) is 6.58 Å². The Bertz CT molecular complexity index is 603. The van der Waals surface area contributed by atoms with Gasteiger partial charge in [-0.05, 0) is 38.0 Å². The Labute approximate surface area is 134 Å². The number of ether oxygens (including phenoxy) is 1. The van der Waals surface area contributed by atoms with Crippen molar-refractivity contribution in [2.24, 2.45) is 16.2 Å². The van der Waals surface area contributed by atoms with Crippen LogP contribution in [-0.2, 0) is 19.1 Å². The van der Waals surface area contributed by atoms with Crippen molar-refractivity contribution in [3.05, 3.63) is 12.2 Å². The minimum atomic E-state index is -1.13. The van der Waals surface area contributed by atoms with Gasteiger partial charge in [0.2, 0.25) is 0 Å². The molecule has 0 aromatic heterocycles. The van der Waals surface area contributed by atoms with Gasteiger partial charge in [-0.3, -0.25) is 9.59 Å². The molecular weight excluding hydrogens is 300 g/mol. The summed E-state index contributed by atoms with van der Waals surface area (Å²) in [5, 5.41) is 19.6. The van der Waals surface area contributed by atoms with Crippen LogP contribution in [0.4, 0.5) is 0 Å². The van der Waals surface area contributed by atoms with Gasteiger partial charge in [-0.2, -0.15) is 0 Å². The van der Waals surface area contributed by atoms with Gasteiger partial charge >= 0.3 is 17.9 Å². The molecule has 0 saturated heterocycles. The molecule has 0 aliphatic heterocycles. The second-order valence-electron chi connectivity index (χ2n) is 8.40. The molecule has 0 heterocycles. The molecule has 2 unspecified atom stereocenters. The lowest BCUT2D eigenvalue weighted by atomic mass is 9.38. The first-order valence-corrected chi connectivity index (χ1v) is 7.81. The van der Waals surface area contributed by atoms with E-state index in [0.717, 1.165) is 0 Å². The maximum absolute atomic E-state index is 12.1. The lowest BCUT2D eigenvalue weighted by Crippen LogP contribution is -2.68. The van der Waals surface area contributed by atoms with Gasteiger partial charge in [-0.1, -0.05) is 13.5 Å². The zero-order valence-corrected chi connectivity index (χ0v) is 13.5. The van der Waals surface area contributed by atoms with E-state index in [4.69, 9.17) is 4.74 Å². The molecule has 0 spiro atoms. The molecule has 4 aliphatic rings. The summed E-state index contributed by atoms with van der Waals surface area (Å²) in [5.41, 5.74) is -3.48. The molecule has 6 nitrogen and oxygen atoms in total. The van der Waals surface area contributed by atoms with Crippen LogP contribution in [0, 0.1) is 16.2 Å². The highest BCUT2D eigenvalue weighted by Crippen LogP contribution is 2.71. The van der Waals surface area contributed by atoms with Crippen LogP contribution in [0.5, 0.6) is 0 Å². The first kappa shape index (κ1) is 16.0. The van der Waals surface area contributed by atoms with E-state index in [1.807, 2.05) is 6.92 Å². The van der Waals surface area contributed by atoms with Crippen LogP contribution >= 0.6 is 0 Å². The molecule has 4 fully saturated rings. The highest BCUT2D eigenvalue weighted by molar-refractivity contribution is 5.88. The lowest BCUT2D eigenvalue weighted by molar-refractivity contribution is -0.247. The first-order valence-electron chi connectivity index (χ1n) is 7.81. The second kappa shape index (κ2) is 4.36. The quantitative estimate of drug-likeness (QED) is 0.609. The van der Waals surface area contributed by atoms with E-state index in [0.29, 0.717) is 19.3 Å². The molecule has 4 rings (SSSR count). The third-order valence-electron chi connectivity index (χ3n) is 5.84. The second-order valence-corrected chi connectivity index (χ2v) is 8.40. The Kier molecular flexibility index (Phi) is 3.04. The van der Waals surface area contributed by atoms with Gasteiger partial charge in [-0.25, -0.2) is 4.79 Å². The molecule has 23 heavy (non-hydrogen) atoms. The van der Waals surface area contributed by atoms with Gasteiger partial charge < -0.3 is 14.9 Å². The summed E-state index contributed by atoms with van der Waals surface area (Å²) in [7, 11) is 0. The fourth-order valence-corrected chi connectivity index (χ4v) is 5.89. The van der Waals surface area contributed by atoms with E-state index in [9.17, 15) is 24.6 Å². The highest BCUT2D eigenvalue weighted by atomic mass is 16.6. The van der Waals surface area contributed by atoms with Crippen LogP contribution in [-0.4, -0.2) is 33.7 Å². The van der Waals surface area contributed by atoms with Gasteiger partial charge in [0.1, 0.15) is 5.60 Å². The maximum atomic E-state index is 12.1. The SMILES string of the molecule is C=C(C)C(=O)OC12CC3(C)CC(C(=O)O)(C1)CC(C(=O)O)(C3)C2. The number of carboxylic acids is 2. The van der Waals surface area contributed by atoms with Crippen molar-refractivity contribution in [3.8, 4) is 0 Å². The van der Waals surface area contributed by atoms with Gasteiger partial charge in [0.25, 0.3) is 0 Å². The van der Waals surface area contributed by atoms with Gasteiger partial charge in [0.15, 0.2) is 0 Å². The predicted molar refractivity (Wildman–Crippen MR) is 79.6 cm³/mol. The average Bonchev–Trinajstić information content (AvgIpc) is 2.34. The number of carbonyl (C=O) groups excluding carboxylic acids is 1. The van der Waals surface area contributed by atoms with E-state index in [-0.39, 0.29) is 24.8 Å². The summed E-state index contributed by atoms with van der Waals surface area (Å²) in [6.45, 7) is 7.02. The third kappa shape index (κ3) is 2.18. The summed E-state index contributed by atoms with van der Waals surface area (Å²) in [6.07, 6.45) is 1.90. The molecule has 0 radical (unpaired) electrons. The molecule has 4 aliphatic carbocycles. The van der Waals surface area contributed by atoms with Crippen molar-refractivity contribution in [2.45, 2.75) is 58.0 Å². The van der Waals surface area contributed by atoms with Crippen LogP contribution in [0.15, 0.2) is 12.2 Å². The minimum Gasteiger partial charge on any atom is -0.481 e. The average molecular weight is 322 g/mol. The van der Waals surface area contributed by atoms with Crippen molar-refractivity contribution in [1.82, 2.24) is 0 Å². The van der Waals surface area contributed by atoms with Crippen molar-refractivity contribution in [3.63, 3.8) is 0 Å². The molecule has 0 aromatic rings. The van der Waals surface area contributed by atoms with Gasteiger partial charge in [0.05, 0.1) is 10.8 Å². The molecule has 126 valence electrons. The monoisotopic (exact) mass is 322 g/mol. The smallest absolute Gasteiger partial charge is 0.333 e. The zero-order chi connectivity index (χ0) is 17.3. The largest absolute Gasteiger partial charge is 0.481 e. The number of hydrogen-bond donors (Lipinski definition) is 2. The van der Waals surface area contributed by atoms with Crippen LogP contribution < -0.4 is 0 Å². The predicted octanol–water partition coefficient (Wildman–Crippen LogP) is 2.37. The Morgan fingerprint density at radius 1 is 0.913 bits per heavy atom. The number of hydrogen-bond acceptors (Lipinski definition) is 4. The van der Waals surface area contributed by atoms with E-state index < -0.39 is 39.8 Å². The van der Waals surface area contributed by atoms with Crippen molar-refractivity contribution in [1.29, 1.82) is 0 Å². The lowest BCUT2D eigenvalue weighted by Gasteiger charge is -2.66. The fourth-order valence-electron chi connectivity index (χ4n) is 5.89. The first-order chi connectivity index (χ1) is 10.5. The van der Waals surface area contributed by atoms with Gasteiger partial charge in [0, 0.05) is 18.4 Å².